The van der Waals surface area contributed by atoms with Gasteiger partial charge in [-0.1, -0.05) is 6.07 Å². The predicted molar refractivity (Wildman–Crippen MR) is 64.2 cm³/mol. The molecule has 0 aromatic carbocycles. The summed E-state index contributed by atoms with van der Waals surface area (Å²) in [5.74, 6) is 0.821. The molecule has 2 heterocycles. The molecule has 2 atom stereocenters. The SMILES string of the molecule is CC(N)C(OCc1ccco1)c1cccs1. The fraction of sp³-hybridized carbons (Fsp3) is 0.333. The van der Waals surface area contributed by atoms with Gasteiger partial charge < -0.3 is 14.9 Å². The topological polar surface area (TPSA) is 48.4 Å². The van der Waals surface area contributed by atoms with Crippen molar-refractivity contribution < 1.29 is 9.15 Å². The Kier molecular flexibility index (Phi) is 3.77. The van der Waals surface area contributed by atoms with Crippen LogP contribution in [0.2, 0.25) is 0 Å². The Morgan fingerprint density at radius 3 is 2.88 bits per heavy atom. The van der Waals surface area contributed by atoms with E-state index in [2.05, 4.69) is 0 Å². The number of nitrogens with two attached hydrogens (primary N) is 1. The summed E-state index contributed by atoms with van der Waals surface area (Å²) in [7, 11) is 0. The monoisotopic (exact) mass is 237 g/mol. The van der Waals surface area contributed by atoms with Crippen LogP contribution in [-0.2, 0) is 11.3 Å². The summed E-state index contributed by atoms with van der Waals surface area (Å²) >= 11 is 1.66. The molecule has 2 N–H and O–H groups in total. The molecule has 2 rings (SSSR count). The van der Waals surface area contributed by atoms with Crippen LogP contribution in [0.15, 0.2) is 40.3 Å². The number of hydrogen-bond donors (Lipinski definition) is 1. The fourth-order valence-electron chi connectivity index (χ4n) is 1.51. The van der Waals surface area contributed by atoms with E-state index in [0.717, 1.165) is 10.6 Å². The maximum absolute atomic E-state index is 5.92. The predicted octanol–water partition coefficient (Wildman–Crippen LogP) is 2.95. The Balaban J connectivity index is 1.99. The van der Waals surface area contributed by atoms with E-state index < -0.39 is 0 Å². The minimum Gasteiger partial charge on any atom is -0.467 e. The largest absolute Gasteiger partial charge is 0.467 e. The maximum atomic E-state index is 5.92. The van der Waals surface area contributed by atoms with Crippen molar-refractivity contribution in [3.05, 3.63) is 46.5 Å². The molecule has 0 fully saturated rings. The smallest absolute Gasteiger partial charge is 0.129 e. The lowest BCUT2D eigenvalue weighted by Gasteiger charge is -2.19. The van der Waals surface area contributed by atoms with Crippen LogP contribution in [0.4, 0.5) is 0 Å². The molecule has 0 aliphatic carbocycles. The normalized spacial score (nSPS) is 14.9. The van der Waals surface area contributed by atoms with Crippen LogP contribution in [0.3, 0.4) is 0 Å². The van der Waals surface area contributed by atoms with Gasteiger partial charge in [-0.25, -0.2) is 0 Å². The minimum atomic E-state index is -0.0647. The first-order valence-electron chi connectivity index (χ1n) is 5.20. The third kappa shape index (κ3) is 2.72. The quantitative estimate of drug-likeness (QED) is 0.869. The molecule has 0 amide bonds. The lowest BCUT2D eigenvalue weighted by Crippen LogP contribution is -2.26. The van der Waals surface area contributed by atoms with E-state index >= 15 is 0 Å². The van der Waals surface area contributed by atoms with E-state index in [9.17, 15) is 0 Å². The molecule has 0 saturated heterocycles. The van der Waals surface area contributed by atoms with Gasteiger partial charge in [0.1, 0.15) is 18.5 Å². The number of ether oxygens (including phenoxy) is 1. The van der Waals surface area contributed by atoms with Crippen molar-refractivity contribution in [2.24, 2.45) is 5.73 Å². The van der Waals surface area contributed by atoms with Gasteiger partial charge in [0.05, 0.1) is 6.26 Å². The zero-order valence-corrected chi connectivity index (χ0v) is 9.94. The molecule has 3 nitrogen and oxygen atoms in total. The van der Waals surface area contributed by atoms with Crippen LogP contribution in [0.25, 0.3) is 0 Å². The summed E-state index contributed by atoms with van der Waals surface area (Å²) in [6.45, 7) is 2.41. The summed E-state index contributed by atoms with van der Waals surface area (Å²) in [5, 5.41) is 2.03. The van der Waals surface area contributed by atoms with Crippen molar-refractivity contribution >= 4 is 11.3 Å². The van der Waals surface area contributed by atoms with Crippen molar-refractivity contribution in [2.75, 3.05) is 0 Å². The average Bonchev–Trinajstić information content (AvgIpc) is 2.88. The van der Waals surface area contributed by atoms with Crippen LogP contribution in [0, 0.1) is 0 Å². The average molecular weight is 237 g/mol. The van der Waals surface area contributed by atoms with Crippen LogP contribution in [0.1, 0.15) is 23.7 Å². The fourth-order valence-corrected chi connectivity index (χ4v) is 2.40. The molecule has 2 aromatic heterocycles. The van der Waals surface area contributed by atoms with Crippen LogP contribution >= 0.6 is 11.3 Å². The van der Waals surface area contributed by atoms with Gasteiger partial charge in [0, 0.05) is 10.9 Å². The summed E-state index contributed by atoms with van der Waals surface area (Å²) < 4.78 is 11.0. The molecule has 4 heteroatoms. The molecule has 0 spiro atoms. The molecule has 2 aromatic rings. The summed E-state index contributed by atoms with van der Waals surface area (Å²) in [4.78, 5) is 1.15. The van der Waals surface area contributed by atoms with Gasteiger partial charge >= 0.3 is 0 Å². The molecule has 0 saturated carbocycles. The molecule has 0 bridgehead atoms. The van der Waals surface area contributed by atoms with Crippen molar-refractivity contribution in [3.63, 3.8) is 0 Å². The van der Waals surface area contributed by atoms with Gasteiger partial charge in [-0.15, -0.1) is 11.3 Å². The Hall–Kier alpha value is -1.10. The molecule has 0 radical (unpaired) electrons. The van der Waals surface area contributed by atoms with Crippen molar-refractivity contribution in [3.8, 4) is 0 Å². The van der Waals surface area contributed by atoms with Gasteiger partial charge in [-0.05, 0) is 30.5 Å². The molecule has 0 aliphatic rings. The second-order valence-electron chi connectivity index (χ2n) is 3.69. The molecule has 2 unspecified atom stereocenters. The van der Waals surface area contributed by atoms with Crippen LogP contribution in [-0.4, -0.2) is 6.04 Å². The highest BCUT2D eigenvalue weighted by molar-refractivity contribution is 7.10. The van der Waals surface area contributed by atoms with E-state index in [0.29, 0.717) is 6.61 Å². The van der Waals surface area contributed by atoms with Crippen molar-refractivity contribution in [1.29, 1.82) is 0 Å². The highest BCUT2D eigenvalue weighted by atomic mass is 32.1. The van der Waals surface area contributed by atoms with Gasteiger partial charge in [-0.2, -0.15) is 0 Å². The molecule has 0 aliphatic heterocycles. The first kappa shape index (κ1) is 11.4. The second-order valence-corrected chi connectivity index (χ2v) is 4.66. The van der Waals surface area contributed by atoms with Crippen molar-refractivity contribution in [2.45, 2.75) is 25.7 Å². The highest BCUT2D eigenvalue weighted by Crippen LogP contribution is 2.25. The van der Waals surface area contributed by atoms with Gasteiger partial charge in [0.15, 0.2) is 0 Å². The molecule has 16 heavy (non-hydrogen) atoms. The second kappa shape index (κ2) is 5.30. The van der Waals surface area contributed by atoms with E-state index in [-0.39, 0.29) is 12.1 Å². The molecular formula is C12H15NO2S. The number of hydrogen-bond acceptors (Lipinski definition) is 4. The lowest BCUT2D eigenvalue weighted by atomic mass is 10.1. The van der Waals surface area contributed by atoms with Gasteiger partial charge in [0.25, 0.3) is 0 Å². The Morgan fingerprint density at radius 1 is 1.44 bits per heavy atom. The van der Waals surface area contributed by atoms with E-state index in [1.165, 1.54) is 0 Å². The Bertz CT molecular complexity index is 395. The lowest BCUT2D eigenvalue weighted by molar-refractivity contribution is 0.0192. The van der Waals surface area contributed by atoms with Gasteiger partial charge in [-0.3, -0.25) is 0 Å². The number of thiophene rings is 1. The standard InChI is InChI=1S/C12H15NO2S/c1-9(13)12(11-5-3-7-16-11)15-8-10-4-2-6-14-10/h2-7,9,12H,8,13H2,1H3. The first-order valence-corrected chi connectivity index (χ1v) is 6.08. The third-order valence-corrected chi connectivity index (χ3v) is 3.22. The number of furan rings is 1. The van der Waals surface area contributed by atoms with E-state index in [4.69, 9.17) is 14.9 Å². The first-order chi connectivity index (χ1) is 7.77. The summed E-state index contributed by atoms with van der Waals surface area (Å²) in [6.07, 6.45) is 1.58. The van der Waals surface area contributed by atoms with Crippen LogP contribution < -0.4 is 5.73 Å². The minimum absolute atomic E-state index is 0.0337. The highest BCUT2D eigenvalue weighted by Gasteiger charge is 2.18. The third-order valence-electron chi connectivity index (χ3n) is 2.29. The van der Waals surface area contributed by atoms with E-state index in [1.807, 2.05) is 36.6 Å². The summed E-state index contributed by atoms with van der Waals surface area (Å²) in [5.41, 5.74) is 5.92. The van der Waals surface area contributed by atoms with Crippen LogP contribution in [0.5, 0.6) is 0 Å². The summed E-state index contributed by atoms with van der Waals surface area (Å²) in [6, 6.07) is 7.76. The zero-order valence-electron chi connectivity index (χ0n) is 9.13. The number of rotatable bonds is 5. The van der Waals surface area contributed by atoms with Gasteiger partial charge in [0.2, 0.25) is 0 Å². The van der Waals surface area contributed by atoms with E-state index in [1.54, 1.807) is 17.6 Å². The Morgan fingerprint density at radius 2 is 2.31 bits per heavy atom. The molecule has 86 valence electrons. The Labute approximate surface area is 98.8 Å². The maximum Gasteiger partial charge on any atom is 0.129 e. The molecular weight excluding hydrogens is 222 g/mol. The zero-order chi connectivity index (χ0) is 11.4. The van der Waals surface area contributed by atoms with Crippen molar-refractivity contribution in [1.82, 2.24) is 0 Å².